The molecule has 5 heterocycles. The fraction of sp³-hybridized carbons (Fsp3) is 0.424. The second kappa shape index (κ2) is 11.3. The van der Waals surface area contributed by atoms with Crippen LogP contribution in [-0.4, -0.2) is 88.3 Å². The van der Waals surface area contributed by atoms with Crippen molar-refractivity contribution in [1.29, 1.82) is 0 Å². The van der Waals surface area contributed by atoms with Crippen molar-refractivity contribution < 1.29 is 32.1 Å². The van der Waals surface area contributed by atoms with Gasteiger partial charge in [0.2, 0.25) is 0 Å². The summed E-state index contributed by atoms with van der Waals surface area (Å²) in [6.45, 7) is 3.09. The molecule has 0 radical (unpaired) electrons. The number of hydrogen-bond acceptors (Lipinski definition) is 8. The van der Waals surface area contributed by atoms with Gasteiger partial charge in [-0.05, 0) is 49.9 Å². The number of pyridine rings is 1. The number of fused-ring (bicyclic) bond motifs is 3. The summed E-state index contributed by atoms with van der Waals surface area (Å²) < 4.78 is 72.4. The van der Waals surface area contributed by atoms with Gasteiger partial charge in [0.1, 0.15) is 47.5 Å². The van der Waals surface area contributed by atoms with E-state index in [-0.39, 0.29) is 83.1 Å². The van der Waals surface area contributed by atoms with Crippen LogP contribution in [0, 0.1) is 24.0 Å². The Morgan fingerprint density at radius 1 is 1.16 bits per heavy atom. The van der Waals surface area contributed by atoms with Crippen LogP contribution in [0.2, 0.25) is 0 Å². The van der Waals surface area contributed by atoms with Crippen LogP contribution in [0.4, 0.5) is 23.4 Å². The Morgan fingerprint density at radius 3 is 2.82 bits per heavy atom. The molecule has 3 aliphatic rings. The van der Waals surface area contributed by atoms with Gasteiger partial charge in [-0.1, -0.05) is 12.0 Å². The van der Waals surface area contributed by atoms with Gasteiger partial charge in [0.15, 0.2) is 5.82 Å². The summed E-state index contributed by atoms with van der Waals surface area (Å²) in [5.74, 6) is 0.769. The molecule has 0 spiro atoms. The standard InChI is InChI=1S/C33H31F4N5O3/c1-3-23-26(36)6-5-19-9-22(43)10-24(27(19)23)29-28(37)30-25(12-38-29)31(42-14-21(35)16-44-15-18(42)2)40-32(39-30)45-17-33-7-4-8-41(33)13-20(34)11-33/h1,5-6,9-10,12,18,20-21,43H,4,7-8,11,13-17H2,2H3/t18?,20-,21?,33+/m1/s1. The Balaban J connectivity index is 1.40. The molecule has 8 nitrogen and oxygen atoms in total. The van der Waals surface area contributed by atoms with E-state index in [0.29, 0.717) is 18.4 Å². The van der Waals surface area contributed by atoms with Crippen molar-refractivity contribution >= 4 is 27.5 Å². The molecule has 234 valence electrons. The summed E-state index contributed by atoms with van der Waals surface area (Å²) >= 11 is 0. The number of anilines is 1. The van der Waals surface area contributed by atoms with Crippen molar-refractivity contribution in [3.8, 4) is 35.4 Å². The summed E-state index contributed by atoms with van der Waals surface area (Å²) in [5.41, 5.74) is -0.942. The molecule has 0 saturated carbocycles. The minimum atomic E-state index is -1.33. The van der Waals surface area contributed by atoms with Gasteiger partial charge in [0, 0.05) is 30.1 Å². The predicted octanol–water partition coefficient (Wildman–Crippen LogP) is 5.33. The van der Waals surface area contributed by atoms with Crippen LogP contribution in [-0.2, 0) is 4.74 Å². The Kier molecular flexibility index (Phi) is 7.41. The van der Waals surface area contributed by atoms with Crippen LogP contribution >= 0.6 is 0 Å². The largest absolute Gasteiger partial charge is 0.508 e. The van der Waals surface area contributed by atoms with Crippen LogP contribution in [0.1, 0.15) is 31.7 Å². The number of halogens is 4. The Hall–Kier alpha value is -4.21. The quantitative estimate of drug-likeness (QED) is 0.237. The lowest BCUT2D eigenvalue weighted by Crippen LogP contribution is -2.43. The maximum atomic E-state index is 16.7. The number of benzene rings is 2. The second-order valence-corrected chi connectivity index (χ2v) is 12.2. The van der Waals surface area contributed by atoms with Crippen LogP contribution in [0.5, 0.6) is 11.8 Å². The molecule has 3 fully saturated rings. The van der Waals surface area contributed by atoms with Gasteiger partial charge in [-0.15, -0.1) is 6.42 Å². The number of alkyl halides is 2. The van der Waals surface area contributed by atoms with E-state index < -0.39 is 29.5 Å². The third-order valence-corrected chi connectivity index (χ3v) is 9.18. The minimum absolute atomic E-state index is 0.0697. The highest BCUT2D eigenvalue weighted by molar-refractivity contribution is 6.03. The van der Waals surface area contributed by atoms with Gasteiger partial charge in [-0.3, -0.25) is 9.88 Å². The van der Waals surface area contributed by atoms with Crippen molar-refractivity contribution in [2.45, 2.75) is 50.1 Å². The lowest BCUT2D eigenvalue weighted by molar-refractivity contribution is 0.0963. The Morgan fingerprint density at radius 2 is 2.00 bits per heavy atom. The van der Waals surface area contributed by atoms with E-state index in [1.54, 1.807) is 4.90 Å². The molecule has 4 aromatic rings. The van der Waals surface area contributed by atoms with Gasteiger partial charge in [-0.25, -0.2) is 17.6 Å². The van der Waals surface area contributed by atoms with Crippen LogP contribution in [0.15, 0.2) is 30.5 Å². The molecule has 45 heavy (non-hydrogen) atoms. The van der Waals surface area contributed by atoms with E-state index in [1.807, 2.05) is 6.92 Å². The summed E-state index contributed by atoms with van der Waals surface area (Å²) in [5, 5.41) is 11.3. The van der Waals surface area contributed by atoms with Crippen LogP contribution in [0.25, 0.3) is 32.9 Å². The van der Waals surface area contributed by atoms with Crippen LogP contribution in [0.3, 0.4) is 0 Å². The molecule has 2 aromatic heterocycles. The first-order chi connectivity index (χ1) is 21.7. The summed E-state index contributed by atoms with van der Waals surface area (Å²) in [7, 11) is 0. The number of phenolic OH excluding ortho intramolecular Hbond substituents is 1. The number of nitrogens with zero attached hydrogens (tertiary/aromatic N) is 5. The van der Waals surface area contributed by atoms with E-state index in [1.165, 1.54) is 30.5 Å². The number of phenols is 1. The van der Waals surface area contributed by atoms with Gasteiger partial charge in [0.05, 0.1) is 42.3 Å². The lowest BCUT2D eigenvalue weighted by Gasteiger charge is -2.31. The highest BCUT2D eigenvalue weighted by Crippen LogP contribution is 2.42. The van der Waals surface area contributed by atoms with Crippen molar-refractivity contribution in [1.82, 2.24) is 19.9 Å². The highest BCUT2D eigenvalue weighted by atomic mass is 19.1. The maximum absolute atomic E-state index is 16.7. The summed E-state index contributed by atoms with van der Waals surface area (Å²) in [6.07, 6.45) is 6.68. The predicted molar refractivity (Wildman–Crippen MR) is 161 cm³/mol. The number of terminal acetylenes is 1. The number of aromatic nitrogens is 3. The van der Waals surface area contributed by atoms with Gasteiger partial charge in [0.25, 0.3) is 0 Å². The molecular formula is C33H31F4N5O3. The Bertz CT molecular complexity index is 1850. The Labute approximate surface area is 257 Å². The average molecular weight is 622 g/mol. The first-order valence-electron chi connectivity index (χ1n) is 15.0. The smallest absolute Gasteiger partial charge is 0.319 e. The first-order valence-corrected chi connectivity index (χ1v) is 15.0. The number of aromatic hydroxyl groups is 1. The zero-order valence-electron chi connectivity index (χ0n) is 24.6. The summed E-state index contributed by atoms with van der Waals surface area (Å²) in [4.78, 5) is 17.2. The van der Waals surface area contributed by atoms with Gasteiger partial charge in [-0.2, -0.15) is 9.97 Å². The fourth-order valence-corrected chi connectivity index (χ4v) is 7.09. The molecule has 12 heteroatoms. The first kappa shape index (κ1) is 29.5. The van der Waals surface area contributed by atoms with E-state index in [4.69, 9.17) is 15.9 Å². The molecule has 0 amide bonds. The normalized spacial score (nSPS) is 25.4. The van der Waals surface area contributed by atoms with Crippen LogP contribution < -0.4 is 9.64 Å². The van der Waals surface area contributed by atoms with Gasteiger partial charge < -0.3 is 19.5 Å². The summed E-state index contributed by atoms with van der Waals surface area (Å²) in [6, 6.07) is 4.80. The number of ether oxygens (including phenoxy) is 2. The average Bonchev–Trinajstić information content (AvgIpc) is 3.48. The van der Waals surface area contributed by atoms with Crippen molar-refractivity contribution in [3.05, 3.63) is 47.7 Å². The molecule has 0 bridgehead atoms. The van der Waals surface area contributed by atoms with E-state index >= 15 is 4.39 Å². The van der Waals surface area contributed by atoms with Crippen molar-refractivity contribution in [2.24, 2.45) is 0 Å². The molecule has 0 aliphatic carbocycles. The SMILES string of the molecule is C#Cc1c(F)ccc2cc(O)cc(-c3ncc4c(N5CC(F)COCC5C)nc(OC[C@@]56CCCN5C[C@H](F)C6)nc4c3F)c12. The molecule has 2 unspecified atom stereocenters. The molecule has 3 saturated heterocycles. The third-order valence-electron chi connectivity index (χ3n) is 9.18. The molecule has 2 aromatic carbocycles. The van der Waals surface area contributed by atoms with E-state index in [0.717, 1.165) is 19.4 Å². The third kappa shape index (κ3) is 5.08. The lowest BCUT2D eigenvalue weighted by atomic mass is 9.95. The zero-order valence-corrected chi connectivity index (χ0v) is 24.6. The maximum Gasteiger partial charge on any atom is 0.319 e. The molecule has 4 atom stereocenters. The number of rotatable bonds is 5. The van der Waals surface area contributed by atoms with E-state index in [2.05, 4.69) is 25.8 Å². The highest BCUT2D eigenvalue weighted by Gasteiger charge is 2.49. The van der Waals surface area contributed by atoms with E-state index in [9.17, 15) is 18.3 Å². The molecule has 7 rings (SSSR count). The zero-order chi connectivity index (χ0) is 31.5. The second-order valence-electron chi connectivity index (χ2n) is 12.2. The van der Waals surface area contributed by atoms with Gasteiger partial charge >= 0.3 is 6.01 Å². The minimum Gasteiger partial charge on any atom is -0.508 e. The molecule has 1 N–H and O–H groups in total. The number of hydrogen-bond donors (Lipinski definition) is 1. The molecule has 3 aliphatic heterocycles. The monoisotopic (exact) mass is 621 g/mol. The van der Waals surface area contributed by atoms with Crippen molar-refractivity contribution in [2.75, 3.05) is 44.4 Å². The fourth-order valence-electron chi connectivity index (χ4n) is 7.09. The molecular weight excluding hydrogens is 590 g/mol. The topological polar surface area (TPSA) is 83.8 Å². The van der Waals surface area contributed by atoms with Crippen molar-refractivity contribution in [3.63, 3.8) is 0 Å².